The maximum Gasteiger partial charge on any atom is 0.328 e. The number of hydrogen-bond acceptors (Lipinski definition) is 5. The molecule has 1 saturated heterocycles. The fraction of sp³-hybridized carbons (Fsp3) is 0.692. The number of phenolic OH excluding ortho intramolecular Hbond substituents is 1. The number of amides is 1. The normalized spacial score (nSPS) is 28.3. The van der Waals surface area contributed by atoms with Crippen LogP contribution in [0.25, 0.3) is 0 Å². The molecule has 1 saturated carbocycles. The molecule has 2 aliphatic carbocycles. The standard InChI is InChI=1S/C26H38N2O4/c1-17-23-14-20-9-10-21(29)15-22(20)26(17,12-5-13-28(23)16-19-7-8-19)11-4-6-24(30)27-18(2)25(31)32-3/h9-10,15,17-19,23,29H,4-8,11-14,16H2,1-3H3,(H,27,30)/t17-,18-,23+,26+/m0/s1. The number of fused-ring (bicyclic) bond motifs is 4. The first-order chi connectivity index (χ1) is 15.3. The van der Waals surface area contributed by atoms with E-state index in [1.165, 1.54) is 37.6 Å². The van der Waals surface area contributed by atoms with Crippen LogP contribution in [0.15, 0.2) is 18.2 Å². The Morgan fingerprint density at radius 3 is 2.84 bits per heavy atom. The highest BCUT2D eigenvalue weighted by Gasteiger charge is 2.49. The van der Waals surface area contributed by atoms with Crippen LogP contribution in [0.5, 0.6) is 5.75 Å². The summed E-state index contributed by atoms with van der Waals surface area (Å²) in [7, 11) is 1.33. The topological polar surface area (TPSA) is 78.9 Å². The Morgan fingerprint density at radius 1 is 1.34 bits per heavy atom. The third-order valence-corrected chi connectivity index (χ3v) is 8.19. The van der Waals surface area contributed by atoms with Gasteiger partial charge >= 0.3 is 5.97 Å². The van der Waals surface area contributed by atoms with Gasteiger partial charge in [-0.25, -0.2) is 4.79 Å². The molecule has 0 radical (unpaired) electrons. The molecule has 1 aromatic rings. The minimum Gasteiger partial charge on any atom is -0.508 e. The summed E-state index contributed by atoms with van der Waals surface area (Å²) in [5, 5.41) is 13.1. The first-order valence-corrected chi connectivity index (χ1v) is 12.3. The predicted molar refractivity (Wildman–Crippen MR) is 123 cm³/mol. The zero-order valence-electron chi connectivity index (χ0n) is 19.7. The van der Waals surface area contributed by atoms with E-state index < -0.39 is 12.0 Å². The van der Waals surface area contributed by atoms with E-state index in [9.17, 15) is 14.7 Å². The third kappa shape index (κ3) is 4.66. The average molecular weight is 443 g/mol. The summed E-state index contributed by atoms with van der Waals surface area (Å²) in [6.45, 7) is 6.40. The Morgan fingerprint density at radius 2 is 2.12 bits per heavy atom. The van der Waals surface area contributed by atoms with E-state index >= 15 is 0 Å². The smallest absolute Gasteiger partial charge is 0.328 e. The van der Waals surface area contributed by atoms with E-state index in [1.54, 1.807) is 6.92 Å². The molecule has 0 spiro atoms. The second kappa shape index (κ2) is 9.42. The van der Waals surface area contributed by atoms with Gasteiger partial charge in [0.25, 0.3) is 0 Å². The number of rotatable bonds is 8. The van der Waals surface area contributed by atoms with Crippen LogP contribution in [-0.2, 0) is 26.2 Å². The number of nitrogens with zero attached hydrogens (tertiary/aromatic N) is 1. The van der Waals surface area contributed by atoms with Crippen LogP contribution in [-0.4, -0.2) is 54.2 Å². The van der Waals surface area contributed by atoms with Crippen molar-refractivity contribution in [2.75, 3.05) is 20.2 Å². The highest BCUT2D eigenvalue weighted by Crippen LogP contribution is 2.52. The van der Waals surface area contributed by atoms with Crippen LogP contribution in [0.4, 0.5) is 0 Å². The van der Waals surface area contributed by atoms with E-state index in [0.717, 1.165) is 44.6 Å². The van der Waals surface area contributed by atoms with E-state index in [4.69, 9.17) is 4.74 Å². The highest BCUT2D eigenvalue weighted by molar-refractivity contribution is 5.84. The van der Waals surface area contributed by atoms with Gasteiger partial charge in [0.15, 0.2) is 0 Å². The third-order valence-electron chi connectivity index (χ3n) is 8.19. The van der Waals surface area contributed by atoms with Crippen molar-refractivity contribution < 1.29 is 19.4 Å². The minimum atomic E-state index is -0.629. The van der Waals surface area contributed by atoms with Gasteiger partial charge in [0.05, 0.1) is 7.11 Å². The molecular weight excluding hydrogens is 404 g/mol. The van der Waals surface area contributed by atoms with Crippen LogP contribution in [0, 0.1) is 11.8 Å². The average Bonchev–Trinajstić information content (AvgIpc) is 3.59. The summed E-state index contributed by atoms with van der Waals surface area (Å²) in [6.07, 6.45) is 8.07. The second-order valence-electron chi connectivity index (χ2n) is 10.3. The van der Waals surface area contributed by atoms with Crippen LogP contribution in [0.3, 0.4) is 0 Å². The Bertz CT molecular complexity index is 852. The largest absolute Gasteiger partial charge is 0.508 e. The SMILES string of the molecule is COC(=O)[C@H](C)NC(=O)CCC[C@]12CCCN(CC3CC3)[C@H](Cc3ccc(O)cc31)[C@@H]2C. The fourth-order valence-corrected chi connectivity index (χ4v) is 6.25. The number of carbonyl (C=O) groups excluding carboxylic acids is 2. The first-order valence-electron chi connectivity index (χ1n) is 12.3. The summed E-state index contributed by atoms with van der Waals surface area (Å²) in [5.41, 5.74) is 2.62. The van der Waals surface area contributed by atoms with Crippen molar-refractivity contribution >= 4 is 11.9 Å². The zero-order valence-corrected chi connectivity index (χ0v) is 19.7. The molecule has 3 aliphatic rings. The number of nitrogens with one attached hydrogen (secondary N) is 1. The maximum absolute atomic E-state index is 12.4. The molecule has 6 nitrogen and oxygen atoms in total. The lowest BCUT2D eigenvalue weighted by molar-refractivity contribution is -0.144. The van der Waals surface area contributed by atoms with Crippen molar-refractivity contribution in [2.24, 2.45) is 11.8 Å². The summed E-state index contributed by atoms with van der Waals surface area (Å²) in [6, 6.07) is 5.81. The van der Waals surface area contributed by atoms with Gasteiger partial charge in [-0.2, -0.15) is 0 Å². The number of benzene rings is 1. The van der Waals surface area contributed by atoms with Gasteiger partial charge in [-0.05, 0) is 98.9 Å². The van der Waals surface area contributed by atoms with Gasteiger partial charge < -0.3 is 15.2 Å². The van der Waals surface area contributed by atoms with Crippen LogP contribution in [0.1, 0.15) is 69.9 Å². The second-order valence-corrected chi connectivity index (χ2v) is 10.3. The molecule has 1 heterocycles. The molecule has 4 rings (SSSR count). The maximum atomic E-state index is 12.4. The fourth-order valence-electron chi connectivity index (χ4n) is 6.25. The van der Waals surface area contributed by atoms with Crippen molar-refractivity contribution in [1.29, 1.82) is 0 Å². The molecule has 2 N–H and O–H groups in total. The van der Waals surface area contributed by atoms with E-state index in [1.807, 2.05) is 12.1 Å². The van der Waals surface area contributed by atoms with Gasteiger partial charge in [-0.15, -0.1) is 0 Å². The quantitative estimate of drug-likeness (QED) is 0.602. The number of phenols is 1. The Labute approximate surface area is 191 Å². The lowest BCUT2D eigenvalue weighted by Gasteiger charge is -2.49. The van der Waals surface area contributed by atoms with Gasteiger partial charge in [-0.1, -0.05) is 13.0 Å². The van der Waals surface area contributed by atoms with E-state index in [2.05, 4.69) is 23.2 Å². The van der Waals surface area contributed by atoms with Crippen molar-refractivity contribution in [3.8, 4) is 5.75 Å². The number of aromatic hydroxyl groups is 1. The molecular formula is C26H38N2O4. The number of esters is 1. The number of carbonyl (C=O) groups is 2. The van der Waals surface area contributed by atoms with E-state index in [-0.39, 0.29) is 11.3 Å². The van der Waals surface area contributed by atoms with Crippen molar-refractivity contribution in [3.05, 3.63) is 29.3 Å². The summed E-state index contributed by atoms with van der Waals surface area (Å²) < 4.78 is 4.70. The molecule has 0 aromatic heterocycles. The lowest BCUT2D eigenvalue weighted by Crippen LogP contribution is -2.51. The Hall–Kier alpha value is -2.08. The monoisotopic (exact) mass is 442 g/mol. The number of likely N-dealkylation sites (tertiary alicyclic amines) is 1. The molecule has 0 unspecified atom stereocenters. The van der Waals surface area contributed by atoms with Gasteiger partial charge in [0.2, 0.25) is 5.91 Å². The zero-order chi connectivity index (χ0) is 22.9. The molecule has 2 fully saturated rings. The molecule has 2 bridgehead atoms. The first kappa shape index (κ1) is 23.1. The molecule has 1 aliphatic heterocycles. The number of methoxy groups -OCH3 is 1. The number of ether oxygens (including phenoxy) is 1. The van der Waals surface area contributed by atoms with E-state index in [0.29, 0.717) is 24.1 Å². The van der Waals surface area contributed by atoms with Crippen LogP contribution >= 0.6 is 0 Å². The molecule has 6 heteroatoms. The minimum absolute atomic E-state index is 0.0243. The Balaban J connectivity index is 1.52. The van der Waals surface area contributed by atoms with Crippen LogP contribution < -0.4 is 5.32 Å². The Kier molecular flexibility index (Phi) is 6.80. The van der Waals surface area contributed by atoms with Gasteiger partial charge in [0.1, 0.15) is 11.8 Å². The molecule has 1 aromatic carbocycles. The lowest BCUT2D eigenvalue weighted by atomic mass is 9.58. The van der Waals surface area contributed by atoms with Crippen molar-refractivity contribution in [2.45, 2.75) is 82.7 Å². The van der Waals surface area contributed by atoms with Crippen LogP contribution in [0.2, 0.25) is 0 Å². The highest BCUT2D eigenvalue weighted by atomic mass is 16.5. The van der Waals surface area contributed by atoms with Gasteiger partial charge in [0, 0.05) is 19.0 Å². The van der Waals surface area contributed by atoms with Crippen molar-refractivity contribution in [3.63, 3.8) is 0 Å². The summed E-state index contributed by atoms with van der Waals surface area (Å²) in [5.74, 6) is 1.13. The molecule has 32 heavy (non-hydrogen) atoms. The molecule has 176 valence electrons. The predicted octanol–water partition coefficient (Wildman–Crippen LogP) is 3.54. The van der Waals surface area contributed by atoms with Crippen molar-refractivity contribution in [1.82, 2.24) is 10.2 Å². The molecule has 4 atom stereocenters. The number of hydrogen-bond donors (Lipinski definition) is 2. The molecule has 1 amide bonds. The van der Waals surface area contributed by atoms with Gasteiger partial charge in [-0.3, -0.25) is 9.69 Å². The summed E-state index contributed by atoms with van der Waals surface area (Å²) >= 11 is 0. The summed E-state index contributed by atoms with van der Waals surface area (Å²) in [4.78, 5) is 26.8.